The van der Waals surface area contributed by atoms with Crippen LogP contribution < -0.4 is 5.32 Å². The van der Waals surface area contributed by atoms with Gasteiger partial charge in [-0.1, -0.05) is 13.8 Å². The molecular formula is C16H33N3. The molecule has 0 amide bonds. The fourth-order valence-corrected chi connectivity index (χ4v) is 3.35. The molecule has 3 nitrogen and oxygen atoms in total. The predicted molar refractivity (Wildman–Crippen MR) is 82.5 cm³/mol. The molecule has 2 aliphatic rings. The molecule has 2 heterocycles. The van der Waals surface area contributed by atoms with Crippen LogP contribution in [0.1, 0.15) is 39.5 Å². The molecule has 0 radical (unpaired) electrons. The molecule has 0 atom stereocenters. The second kappa shape index (κ2) is 8.23. The molecule has 3 heteroatoms. The number of likely N-dealkylation sites (tertiary alicyclic amines) is 2. The first-order valence-corrected chi connectivity index (χ1v) is 8.39. The fourth-order valence-electron chi connectivity index (χ4n) is 3.35. The molecule has 112 valence electrons. The van der Waals surface area contributed by atoms with Crippen molar-refractivity contribution < 1.29 is 0 Å². The lowest BCUT2D eigenvalue weighted by Gasteiger charge is -2.33. The molecule has 2 saturated heterocycles. The SMILES string of the molecule is CC(C)CNCCN1CCC(CN2CCCC2)CC1. The van der Waals surface area contributed by atoms with Gasteiger partial charge in [0.15, 0.2) is 0 Å². The lowest BCUT2D eigenvalue weighted by atomic mass is 9.96. The van der Waals surface area contributed by atoms with Gasteiger partial charge in [0.2, 0.25) is 0 Å². The minimum atomic E-state index is 0.770. The summed E-state index contributed by atoms with van der Waals surface area (Å²) in [6, 6.07) is 0. The zero-order chi connectivity index (χ0) is 13.5. The van der Waals surface area contributed by atoms with E-state index in [9.17, 15) is 0 Å². The molecule has 19 heavy (non-hydrogen) atoms. The molecule has 0 saturated carbocycles. The summed E-state index contributed by atoms with van der Waals surface area (Å²) in [4.78, 5) is 5.33. The Morgan fingerprint density at radius 1 is 1.00 bits per heavy atom. The highest BCUT2D eigenvalue weighted by Crippen LogP contribution is 2.20. The molecule has 0 bridgehead atoms. The van der Waals surface area contributed by atoms with Crippen LogP contribution in [0.4, 0.5) is 0 Å². The summed E-state index contributed by atoms with van der Waals surface area (Å²) >= 11 is 0. The maximum atomic E-state index is 3.55. The highest BCUT2D eigenvalue weighted by molar-refractivity contribution is 4.77. The zero-order valence-corrected chi connectivity index (χ0v) is 13.0. The summed E-state index contributed by atoms with van der Waals surface area (Å²) in [6.07, 6.45) is 5.70. The van der Waals surface area contributed by atoms with Crippen LogP contribution in [0.5, 0.6) is 0 Å². The van der Waals surface area contributed by atoms with Crippen molar-refractivity contribution in [3.05, 3.63) is 0 Å². The summed E-state index contributed by atoms with van der Waals surface area (Å²) in [7, 11) is 0. The van der Waals surface area contributed by atoms with E-state index >= 15 is 0 Å². The second-order valence-electron chi connectivity index (χ2n) is 6.89. The molecule has 0 aromatic heterocycles. The highest BCUT2D eigenvalue weighted by Gasteiger charge is 2.22. The maximum Gasteiger partial charge on any atom is 0.0107 e. The van der Waals surface area contributed by atoms with Gasteiger partial charge in [0.05, 0.1) is 0 Å². The zero-order valence-electron chi connectivity index (χ0n) is 13.0. The van der Waals surface area contributed by atoms with Gasteiger partial charge >= 0.3 is 0 Å². The molecule has 2 rings (SSSR count). The first kappa shape index (κ1) is 15.3. The monoisotopic (exact) mass is 267 g/mol. The molecule has 0 aromatic rings. The minimum Gasteiger partial charge on any atom is -0.315 e. The summed E-state index contributed by atoms with van der Waals surface area (Å²) in [5.41, 5.74) is 0. The van der Waals surface area contributed by atoms with Gasteiger partial charge in [0.1, 0.15) is 0 Å². The van der Waals surface area contributed by atoms with E-state index in [1.165, 1.54) is 65.0 Å². The average Bonchev–Trinajstić information content (AvgIpc) is 2.89. The Morgan fingerprint density at radius 2 is 1.68 bits per heavy atom. The summed E-state index contributed by atoms with van der Waals surface area (Å²) in [5.74, 6) is 1.74. The van der Waals surface area contributed by atoms with Crippen molar-refractivity contribution in [3.63, 3.8) is 0 Å². The lowest BCUT2D eigenvalue weighted by molar-refractivity contribution is 0.154. The number of hydrogen-bond donors (Lipinski definition) is 1. The van der Waals surface area contributed by atoms with E-state index in [2.05, 4.69) is 29.0 Å². The van der Waals surface area contributed by atoms with Crippen molar-refractivity contribution in [2.75, 3.05) is 52.4 Å². The number of rotatable bonds is 7. The van der Waals surface area contributed by atoms with Crippen molar-refractivity contribution >= 4 is 0 Å². The Bertz CT molecular complexity index is 228. The molecule has 2 aliphatic heterocycles. The van der Waals surface area contributed by atoms with E-state index in [1.54, 1.807) is 0 Å². The van der Waals surface area contributed by atoms with E-state index < -0.39 is 0 Å². The van der Waals surface area contributed by atoms with Crippen molar-refractivity contribution in [2.24, 2.45) is 11.8 Å². The van der Waals surface area contributed by atoms with Gasteiger partial charge in [-0.15, -0.1) is 0 Å². The van der Waals surface area contributed by atoms with E-state index in [-0.39, 0.29) is 0 Å². The fraction of sp³-hybridized carbons (Fsp3) is 1.00. The third kappa shape index (κ3) is 5.80. The third-order valence-electron chi connectivity index (χ3n) is 4.58. The van der Waals surface area contributed by atoms with Crippen LogP contribution in [0.15, 0.2) is 0 Å². The van der Waals surface area contributed by atoms with Gasteiger partial charge < -0.3 is 15.1 Å². The van der Waals surface area contributed by atoms with Crippen molar-refractivity contribution in [1.82, 2.24) is 15.1 Å². The van der Waals surface area contributed by atoms with Gasteiger partial charge in [0, 0.05) is 19.6 Å². The standard InChI is InChI=1S/C16H33N3/c1-15(2)13-17-7-12-18-10-5-16(6-11-18)14-19-8-3-4-9-19/h15-17H,3-14H2,1-2H3. The van der Waals surface area contributed by atoms with Crippen LogP contribution >= 0.6 is 0 Å². The van der Waals surface area contributed by atoms with Crippen LogP contribution in [-0.4, -0.2) is 62.2 Å². The van der Waals surface area contributed by atoms with Crippen LogP contribution in [0.3, 0.4) is 0 Å². The smallest absolute Gasteiger partial charge is 0.0107 e. The summed E-state index contributed by atoms with van der Waals surface area (Å²) < 4.78 is 0. The third-order valence-corrected chi connectivity index (χ3v) is 4.58. The first-order valence-electron chi connectivity index (χ1n) is 8.39. The molecule has 0 aliphatic carbocycles. The number of piperidine rings is 1. The number of nitrogens with one attached hydrogen (secondary N) is 1. The van der Waals surface area contributed by atoms with Crippen molar-refractivity contribution in [3.8, 4) is 0 Å². The van der Waals surface area contributed by atoms with Gasteiger partial charge in [-0.2, -0.15) is 0 Å². The van der Waals surface area contributed by atoms with E-state index in [0.717, 1.165) is 24.9 Å². The Balaban J connectivity index is 1.52. The first-order chi connectivity index (χ1) is 9.24. The van der Waals surface area contributed by atoms with Crippen molar-refractivity contribution in [1.29, 1.82) is 0 Å². The Morgan fingerprint density at radius 3 is 2.32 bits per heavy atom. The molecule has 0 spiro atoms. The molecular weight excluding hydrogens is 234 g/mol. The van der Waals surface area contributed by atoms with E-state index in [4.69, 9.17) is 0 Å². The maximum absolute atomic E-state index is 3.55. The molecule has 2 fully saturated rings. The lowest BCUT2D eigenvalue weighted by Crippen LogP contribution is -2.41. The van der Waals surface area contributed by atoms with Gasteiger partial charge in [0.25, 0.3) is 0 Å². The van der Waals surface area contributed by atoms with E-state index in [1.807, 2.05) is 0 Å². The quantitative estimate of drug-likeness (QED) is 0.712. The van der Waals surface area contributed by atoms with Gasteiger partial charge in [-0.3, -0.25) is 0 Å². The van der Waals surface area contributed by atoms with E-state index in [0.29, 0.717) is 0 Å². The Labute approximate surface area is 119 Å². The second-order valence-corrected chi connectivity index (χ2v) is 6.89. The summed E-state index contributed by atoms with van der Waals surface area (Å²) in [5, 5.41) is 3.55. The van der Waals surface area contributed by atoms with Crippen LogP contribution in [0.25, 0.3) is 0 Å². The largest absolute Gasteiger partial charge is 0.315 e. The molecule has 0 aromatic carbocycles. The number of hydrogen-bond acceptors (Lipinski definition) is 3. The topological polar surface area (TPSA) is 18.5 Å². The highest BCUT2D eigenvalue weighted by atomic mass is 15.2. The Hall–Kier alpha value is -0.120. The predicted octanol–water partition coefficient (Wildman–Crippen LogP) is 2.04. The molecule has 0 unspecified atom stereocenters. The van der Waals surface area contributed by atoms with Gasteiger partial charge in [-0.05, 0) is 70.2 Å². The van der Waals surface area contributed by atoms with Crippen LogP contribution in [-0.2, 0) is 0 Å². The molecule has 1 N–H and O–H groups in total. The average molecular weight is 267 g/mol. The normalized spacial score (nSPS) is 23.5. The van der Waals surface area contributed by atoms with Crippen molar-refractivity contribution in [2.45, 2.75) is 39.5 Å². The minimum absolute atomic E-state index is 0.770. The van der Waals surface area contributed by atoms with Crippen LogP contribution in [0, 0.1) is 11.8 Å². The summed E-state index contributed by atoms with van der Waals surface area (Å²) in [6.45, 7) is 14.8. The van der Waals surface area contributed by atoms with Gasteiger partial charge in [-0.25, -0.2) is 0 Å². The van der Waals surface area contributed by atoms with Crippen LogP contribution in [0.2, 0.25) is 0 Å². The Kier molecular flexibility index (Phi) is 6.62. The number of nitrogens with zero attached hydrogens (tertiary/aromatic N) is 2.